The van der Waals surface area contributed by atoms with Crippen molar-refractivity contribution < 1.29 is 9.53 Å². The van der Waals surface area contributed by atoms with Crippen LogP contribution in [0.25, 0.3) is 33.6 Å². The summed E-state index contributed by atoms with van der Waals surface area (Å²) in [5, 5.41) is 7.93. The molecule has 1 saturated carbocycles. The molecule has 0 atom stereocenters. The number of aromatic nitrogens is 3. The number of carbonyl (C=O) groups is 1. The lowest BCUT2D eigenvalue weighted by Gasteiger charge is -2.43. The Balaban J connectivity index is 1.38. The molecular weight excluding hydrogens is 472 g/mol. The second-order valence-electron chi connectivity index (χ2n) is 11.6. The van der Waals surface area contributed by atoms with Gasteiger partial charge in [-0.2, -0.15) is 5.10 Å². The van der Waals surface area contributed by atoms with Gasteiger partial charge in [0, 0.05) is 29.9 Å². The molecule has 2 aliphatic carbocycles. The van der Waals surface area contributed by atoms with E-state index in [9.17, 15) is 4.79 Å². The minimum atomic E-state index is -0.527. The Morgan fingerprint density at radius 2 is 1.68 bits per heavy atom. The molecular formula is C32H34N4O2. The van der Waals surface area contributed by atoms with Crippen LogP contribution in [0.3, 0.4) is 0 Å². The number of hydrogen-bond donors (Lipinski definition) is 1. The van der Waals surface area contributed by atoms with E-state index >= 15 is 0 Å². The van der Waals surface area contributed by atoms with Crippen LogP contribution in [-0.2, 0) is 30.2 Å². The first-order chi connectivity index (χ1) is 18.2. The molecule has 0 spiro atoms. The van der Waals surface area contributed by atoms with Crippen molar-refractivity contribution in [3.63, 3.8) is 0 Å². The number of fused-ring (bicyclic) bond motifs is 3. The molecule has 6 rings (SSSR count). The zero-order valence-electron chi connectivity index (χ0n) is 22.5. The number of rotatable bonds is 4. The summed E-state index contributed by atoms with van der Waals surface area (Å²) in [6.07, 6.45) is 6.50. The van der Waals surface area contributed by atoms with E-state index in [1.165, 1.54) is 5.56 Å². The molecule has 1 amide bonds. The number of carbonyl (C=O) groups excluding carboxylic acids is 1. The van der Waals surface area contributed by atoms with Crippen LogP contribution in [0, 0.1) is 0 Å². The highest BCUT2D eigenvalue weighted by molar-refractivity contribution is 5.86. The van der Waals surface area contributed by atoms with Crippen molar-refractivity contribution in [3.8, 4) is 33.6 Å². The molecule has 2 aromatic heterocycles. The number of benzene rings is 2. The summed E-state index contributed by atoms with van der Waals surface area (Å²) in [6.45, 7) is 5.66. The highest BCUT2D eigenvalue weighted by Gasteiger charge is 2.41. The SMILES string of the molecule is Cn1cc2c(n1)-c1cc(-c3ccccc3)c(-c3ccc(C4(NC(=O)OC(C)(C)C)CCC4)cc3)nc1CC2. The number of amides is 1. The van der Waals surface area contributed by atoms with Crippen molar-refractivity contribution in [1.29, 1.82) is 0 Å². The van der Waals surface area contributed by atoms with Crippen LogP contribution in [0.1, 0.15) is 56.9 Å². The zero-order chi connectivity index (χ0) is 26.5. The van der Waals surface area contributed by atoms with E-state index in [2.05, 4.69) is 66.1 Å². The van der Waals surface area contributed by atoms with Gasteiger partial charge in [-0.25, -0.2) is 4.79 Å². The van der Waals surface area contributed by atoms with E-state index < -0.39 is 5.60 Å². The van der Waals surface area contributed by atoms with Gasteiger partial charge < -0.3 is 10.1 Å². The van der Waals surface area contributed by atoms with Crippen molar-refractivity contribution in [1.82, 2.24) is 20.1 Å². The van der Waals surface area contributed by atoms with Crippen molar-refractivity contribution in [2.24, 2.45) is 7.05 Å². The van der Waals surface area contributed by atoms with Crippen molar-refractivity contribution in [3.05, 3.63) is 83.7 Å². The van der Waals surface area contributed by atoms with Crippen LogP contribution >= 0.6 is 0 Å². The number of nitrogens with zero attached hydrogens (tertiary/aromatic N) is 3. The Morgan fingerprint density at radius 1 is 0.947 bits per heavy atom. The summed E-state index contributed by atoms with van der Waals surface area (Å²) >= 11 is 0. The molecule has 0 unspecified atom stereocenters. The summed E-state index contributed by atoms with van der Waals surface area (Å²) in [5.74, 6) is 0. The predicted molar refractivity (Wildman–Crippen MR) is 150 cm³/mol. The number of alkyl carbamates (subject to hydrolysis) is 1. The third-order valence-electron chi connectivity index (χ3n) is 7.64. The van der Waals surface area contributed by atoms with E-state index in [0.29, 0.717) is 0 Å². The molecule has 38 heavy (non-hydrogen) atoms. The molecule has 2 heterocycles. The lowest BCUT2D eigenvalue weighted by atomic mass is 9.71. The monoisotopic (exact) mass is 506 g/mol. The van der Waals surface area contributed by atoms with E-state index in [1.54, 1.807) is 0 Å². The van der Waals surface area contributed by atoms with Crippen LogP contribution in [-0.4, -0.2) is 26.5 Å². The van der Waals surface area contributed by atoms with Crippen molar-refractivity contribution in [2.45, 2.75) is 64.0 Å². The van der Waals surface area contributed by atoms with Crippen LogP contribution in [0.2, 0.25) is 0 Å². The summed E-state index contributed by atoms with van der Waals surface area (Å²) in [5.41, 5.74) is 9.02. The Kier molecular flexibility index (Phi) is 5.86. The minimum absolute atomic E-state index is 0.363. The van der Waals surface area contributed by atoms with E-state index in [-0.39, 0.29) is 11.6 Å². The largest absolute Gasteiger partial charge is 0.444 e. The molecule has 1 fully saturated rings. The van der Waals surface area contributed by atoms with Gasteiger partial charge in [-0.3, -0.25) is 9.67 Å². The van der Waals surface area contributed by atoms with Crippen LogP contribution in [0.15, 0.2) is 66.9 Å². The predicted octanol–water partition coefficient (Wildman–Crippen LogP) is 6.82. The number of hydrogen-bond acceptors (Lipinski definition) is 4. The maximum atomic E-state index is 12.6. The average Bonchev–Trinajstić information content (AvgIpc) is 3.26. The lowest BCUT2D eigenvalue weighted by Crippen LogP contribution is -2.52. The third-order valence-corrected chi connectivity index (χ3v) is 7.64. The Labute approximate surface area is 224 Å². The topological polar surface area (TPSA) is 69.0 Å². The van der Waals surface area contributed by atoms with Gasteiger partial charge in [0.05, 0.1) is 22.6 Å². The maximum Gasteiger partial charge on any atom is 0.408 e. The molecule has 4 aromatic rings. The number of nitrogens with one attached hydrogen (secondary N) is 1. The number of pyridine rings is 1. The summed E-state index contributed by atoms with van der Waals surface area (Å²) < 4.78 is 7.46. The van der Waals surface area contributed by atoms with Crippen LogP contribution in [0.5, 0.6) is 0 Å². The van der Waals surface area contributed by atoms with Gasteiger partial charge in [0.1, 0.15) is 5.60 Å². The van der Waals surface area contributed by atoms with Gasteiger partial charge in [-0.15, -0.1) is 0 Å². The van der Waals surface area contributed by atoms with Gasteiger partial charge in [0.2, 0.25) is 0 Å². The number of ether oxygens (including phenoxy) is 1. The third kappa shape index (κ3) is 4.49. The molecule has 0 aliphatic heterocycles. The molecule has 2 aromatic carbocycles. The molecule has 6 heteroatoms. The molecule has 2 aliphatic rings. The smallest absolute Gasteiger partial charge is 0.408 e. The molecule has 0 saturated heterocycles. The average molecular weight is 507 g/mol. The van der Waals surface area contributed by atoms with E-state index in [0.717, 1.165) is 77.0 Å². The van der Waals surface area contributed by atoms with Gasteiger partial charge in [-0.1, -0.05) is 54.6 Å². The van der Waals surface area contributed by atoms with Crippen molar-refractivity contribution in [2.75, 3.05) is 0 Å². The van der Waals surface area contributed by atoms with E-state index in [1.807, 2.05) is 38.6 Å². The van der Waals surface area contributed by atoms with Gasteiger partial charge >= 0.3 is 6.09 Å². The number of aryl methyl sites for hydroxylation is 3. The first kappa shape index (κ1) is 24.4. The molecule has 0 bridgehead atoms. The summed E-state index contributed by atoms with van der Waals surface area (Å²) in [7, 11) is 1.98. The second kappa shape index (κ2) is 9.12. The fourth-order valence-electron chi connectivity index (χ4n) is 5.67. The quantitative estimate of drug-likeness (QED) is 0.330. The lowest BCUT2D eigenvalue weighted by molar-refractivity contribution is 0.0377. The fraction of sp³-hybridized carbons (Fsp3) is 0.344. The van der Waals surface area contributed by atoms with E-state index in [4.69, 9.17) is 14.8 Å². The molecule has 1 N–H and O–H groups in total. The minimum Gasteiger partial charge on any atom is -0.444 e. The Morgan fingerprint density at radius 3 is 2.34 bits per heavy atom. The highest BCUT2D eigenvalue weighted by Crippen LogP contribution is 2.43. The Bertz CT molecular complexity index is 1490. The summed E-state index contributed by atoms with van der Waals surface area (Å²) in [4.78, 5) is 17.8. The van der Waals surface area contributed by atoms with Gasteiger partial charge in [0.15, 0.2) is 0 Å². The standard InChI is InChI=1S/C32H34N4O2/c1-31(2,3)38-30(37)34-32(17-8-18-32)24-14-11-22(12-15-24)28-25(21-9-6-5-7-10-21)19-26-27(33-28)16-13-23-20-36(4)35-29(23)26/h5-7,9-12,14-15,19-20H,8,13,16-18H2,1-4H3,(H,34,37). The first-order valence-electron chi connectivity index (χ1n) is 13.5. The van der Waals surface area contributed by atoms with Gasteiger partial charge in [0.25, 0.3) is 0 Å². The maximum absolute atomic E-state index is 12.6. The first-order valence-corrected chi connectivity index (χ1v) is 13.5. The zero-order valence-corrected chi connectivity index (χ0v) is 22.5. The van der Waals surface area contributed by atoms with Gasteiger partial charge in [-0.05, 0) is 75.6 Å². The van der Waals surface area contributed by atoms with Crippen LogP contribution in [0.4, 0.5) is 4.79 Å². The van der Waals surface area contributed by atoms with Crippen molar-refractivity contribution >= 4 is 6.09 Å². The molecule has 194 valence electrons. The molecule has 6 nitrogen and oxygen atoms in total. The fourth-order valence-corrected chi connectivity index (χ4v) is 5.67. The molecule has 0 radical (unpaired) electrons. The Hall–Kier alpha value is -3.93. The normalized spacial score (nSPS) is 15.7. The highest BCUT2D eigenvalue weighted by atomic mass is 16.6. The van der Waals surface area contributed by atoms with Crippen LogP contribution < -0.4 is 5.32 Å². The second-order valence-corrected chi connectivity index (χ2v) is 11.6. The summed E-state index contributed by atoms with van der Waals surface area (Å²) in [6, 6.07) is 21.3.